The average Bonchev–Trinajstić information content (AvgIpc) is 2.69. The van der Waals surface area contributed by atoms with Crippen molar-refractivity contribution in [2.24, 2.45) is 0 Å². The molecule has 17 heavy (non-hydrogen) atoms. The number of aromatic nitrogens is 3. The summed E-state index contributed by atoms with van der Waals surface area (Å²) in [5, 5.41) is 0.870. The third kappa shape index (κ3) is 2.90. The molecule has 0 aliphatic carbocycles. The predicted octanol–water partition coefficient (Wildman–Crippen LogP) is 1.70. The third-order valence-electron chi connectivity index (χ3n) is 1.72. The van der Waals surface area contributed by atoms with E-state index in [0.717, 1.165) is 11.3 Å². The SMILES string of the molecule is Cc1ncc(S(=O)(=O)Nc2cnc(Cl)cn2)s1. The predicted molar refractivity (Wildman–Crippen MR) is 64.7 cm³/mol. The van der Waals surface area contributed by atoms with Crippen molar-refractivity contribution in [3.8, 4) is 0 Å². The van der Waals surface area contributed by atoms with Crippen molar-refractivity contribution in [1.29, 1.82) is 0 Å². The first-order valence-corrected chi connectivity index (χ1v) is 7.08. The number of thiazole rings is 1. The number of hydrogen-bond donors (Lipinski definition) is 1. The molecule has 0 fully saturated rings. The summed E-state index contributed by atoms with van der Waals surface area (Å²) in [6, 6.07) is 0. The summed E-state index contributed by atoms with van der Waals surface area (Å²) in [4.78, 5) is 11.4. The molecule has 1 N–H and O–H groups in total. The number of aryl methyl sites for hydroxylation is 1. The number of anilines is 1. The highest BCUT2D eigenvalue weighted by Crippen LogP contribution is 2.20. The lowest BCUT2D eigenvalue weighted by molar-refractivity contribution is 0.602. The molecule has 0 spiro atoms. The van der Waals surface area contributed by atoms with Gasteiger partial charge < -0.3 is 0 Å². The molecule has 0 atom stereocenters. The molecule has 0 aromatic carbocycles. The van der Waals surface area contributed by atoms with E-state index in [9.17, 15) is 8.42 Å². The van der Waals surface area contributed by atoms with Crippen molar-refractivity contribution in [1.82, 2.24) is 15.0 Å². The molecule has 9 heteroatoms. The maximum atomic E-state index is 11.9. The second kappa shape index (κ2) is 4.55. The molecule has 0 aliphatic heterocycles. The van der Waals surface area contributed by atoms with E-state index in [2.05, 4.69) is 19.7 Å². The Kier molecular flexibility index (Phi) is 3.27. The Balaban J connectivity index is 2.26. The highest BCUT2D eigenvalue weighted by atomic mass is 35.5. The minimum Gasteiger partial charge on any atom is -0.261 e. The molecule has 2 aromatic rings. The van der Waals surface area contributed by atoms with Crippen LogP contribution in [-0.4, -0.2) is 23.4 Å². The Bertz CT molecular complexity index is 623. The molecule has 2 rings (SSSR count). The Morgan fingerprint density at radius 1 is 1.24 bits per heavy atom. The maximum Gasteiger partial charge on any atom is 0.274 e. The summed E-state index contributed by atoms with van der Waals surface area (Å²) in [7, 11) is -3.64. The van der Waals surface area contributed by atoms with E-state index in [1.165, 1.54) is 18.6 Å². The summed E-state index contributed by atoms with van der Waals surface area (Å²) in [6.45, 7) is 1.73. The Hall–Kier alpha value is -1.25. The van der Waals surface area contributed by atoms with E-state index in [1.54, 1.807) is 6.92 Å². The fraction of sp³-hybridized carbons (Fsp3) is 0.125. The number of rotatable bonds is 3. The first kappa shape index (κ1) is 12.2. The van der Waals surface area contributed by atoms with Crippen molar-refractivity contribution >= 4 is 38.8 Å². The van der Waals surface area contributed by atoms with Crippen LogP contribution in [0.15, 0.2) is 22.8 Å². The standard InChI is InChI=1S/C8H7ClN4O2S2/c1-5-10-4-8(16-5)17(14,15)13-7-3-11-6(9)2-12-7/h2-4H,1H3,(H,12,13). The highest BCUT2D eigenvalue weighted by molar-refractivity contribution is 7.94. The number of halogens is 1. The van der Waals surface area contributed by atoms with Crippen LogP contribution in [0.1, 0.15) is 5.01 Å². The van der Waals surface area contributed by atoms with E-state index in [0.29, 0.717) is 5.01 Å². The van der Waals surface area contributed by atoms with Gasteiger partial charge in [0.25, 0.3) is 10.0 Å². The maximum absolute atomic E-state index is 11.9. The van der Waals surface area contributed by atoms with Gasteiger partial charge in [-0.25, -0.2) is 23.4 Å². The van der Waals surface area contributed by atoms with Crippen LogP contribution in [0.25, 0.3) is 0 Å². The van der Waals surface area contributed by atoms with Crippen LogP contribution in [0, 0.1) is 6.92 Å². The fourth-order valence-electron chi connectivity index (χ4n) is 1.02. The molecular weight excluding hydrogens is 284 g/mol. The van der Waals surface area contributed by atoms with Gasteiger partial charge in [0.15, 0.2) is 10.0 Å². The van der Waals surface area contributed by atoms with Crippen LogP contribution in [0.4, 0.5) is 5.82 Å². The number of hydrogen-bond acceptors (Lipinski definition) is 6. The second-order valence-corrected chi connectivity index (χ2v) is 6.56. The van der Waals surface area contributed by atoms with E-state index < -0.39 is 10.0 Å². The molecule has 0 bridgehead atoms. The van der Waals surface area contributed by atoms with Gasteiger partial charge in [0.2, 0.25) is 0 Å². The average molecular weight is 291 g/mol. The van der Waals surface area contributed by atoms with Gasteiger partial charge in [-0.1, -0.05) is 11.6 Å². The minimum atomic E-state index is -3.64. The molecule has 0 amide bonds. The molecule has 2 heterocycles. The first-order chi connectivity index (χ1) is 7.97. The second-order valence-electron chi connectivity index (χ2n) is 3.03. The minimum absolute atomic E-state index is 0.112. The van der Waals surface area contributed by atoms with Gasteiger partial charge in [-0.3, -0.25) is 4.72 Å². The highest BCUT2D eigenvalue weighted by Gasteiger charge is 2.17. The molecule has 0 radical (unpaired) electrons. The third-order valence-corrected chi connectivity index (χ3v) is 4.65. The van der Waals surface area contributed by atoms with Gasteiger partial charge in [0.1, 0.15) is 5.15 Å². The summed E-state index contributed by atoms with van der Waals surface area (Å²) in [5.74, 6) is 0.112. The van der Waals surface area contributed by atoms with Gasteiger partial charge in [-0.2, -0.15) is 0 Å². The number of nitrogens with one attached hydrogen (secondary N) is 1. The smallest absolute Gasteiger partial charge is 0.261 e. The number of nitrogens with zero attached hydrogens (tertiary/aromatic N) is 3. The lowest BCUT2D eigenvalue weighted by atomic mass is 10.7. The van der Waals surface area contributed by atoms with Crippen LogP contribution in [0.2, 0.25) is 5.15 Å². The quantitative estimate of drug-likeness (QED) is 0.930. The normalized spacial score (nSPS) is 11.4. The molecular formula is C8H7ClN4O2S2. The summed E-state index contributed by atoms with van der Waals surface area (Å²) in [6.07, 6.45) is 3.80. The zero-order chi connectivity index (χ0) is 12.5. The molecule has 90 valence electrons. The van der Waals surface area contributed by atoms with Crippen LogP contribution in [0.5, 0.6) is 0 Å². The van der Waals surface area contributed by atoms with Gasteiger partial charge in [0.05, 0.1) is 23.6 Å². The van der Waals surface area contributed by atoms with Gasteiger partial charge in [0, 0.05) is 0 Å². The topological polar surface area (TPSA) is 84.8 Å². The molecule has 0 unspecified atom stereocenters. The number of sulfonamides is 1. The molecule has 0 saturated heterocycles. The van der Waals surface area contributed by atoms with Crippen molar-refractivity contribution < 1.29 is 8.42 Å². The van der Waals surface area contributed by atoms with Crippen LogP contribution in [-0.2, 0) is 10.0 Å². The van der Waals surface area contributed by atoms with Crippen molar-refractivity contribution in [2.75, 3.05) is 4.72 Å². The molecule has 2 aromatic heterocycles. The van der Waals surface area contributed by atoms with Crippen molar-refractivity contribution in [2.45, 2.75) is 11.1 Å². The summed E-state index contributed by atoms with van der Waals surface area (Å²) in [5.41, 5.74) is 0. The van der Waals surface area contributed by atoms with Crippen molar-refractivity contribution in [3.05, 3.63) is 28.8 Å². The zero-order valence-electron chi connectivity index (χ0n) is 8.58. The Morgan fingerprint density at radius 3 is 2.53 bits per heavy atom. The summed E-state index contributed by atoms with van der Waals surface area (Å²) >= 11 is 6.63. The Morgan fingerprint density at radius 2 is 2.00 bits per heavy atom. The first-order valence-electron chi connectivity index (χ1n) is 4.40. The molecule has 0 saturated carbocycles. The van der Waals surface area contributed by atoms with Gasteiger partial charge in [-0.15, -0.1) is 11.3 Å². The lowest BCUT2D eigenvalue weighted by Gasteiger charge is -2.03. The zero-order valence-corrected chi connectivity index (χ0v) is 11.0. The molecule has 6 nitrogen and oxygen atoms in total. The van der Waals surface area contributed by atoms with E-state index in [-0.39, 0.29) is 15.2 Å². The fourth-order valence-corrected chi connectivity index (χ4v) is 3.22. The van der Waals surface area contributed by atoms with Crippen LogP contribution < -0.4 is 4.72 Å². The lowest BCUT2D eigenvalue weighted by Crippen LogP contribution is -2.12. The van der Waals surface area contributed by atoms with Gasteiger partial charge in [-0.05, 0) is 6.92 Å². The molecule has 0 aliphatic rings. The monoisotopic (exact) mass is 290 g/mol. The van der Waals surface area contributed by atoms with E-state index >= 15 is 0 Å². The van der Waals surface area contributed by atoms with Crippen molar-refractivity contribution in [3.63, 3.8) is 0 Å². The van der Waals surface area contributed by atoms with Crippen LogP contribution >= 0.6 is 22.9 Å². The van der Waals surface area contributed by atoms with E-state index in [4.69, 9.17) is 11.6 Å². The van der Waals surface area contributed by atoms with Gasteiger partial charge >= 0.3 is 0 Å². The van der Waals surface area contributed by atoms with E-state index in [1.807, 2.05) is 0 Å². The van der Waals surface area contributed by atoms with Crippen LogP contribution in [0.3, 0.4) is 0 Å². The summed E-state index contributed by atoms with van der Waals surface area (Å²) < 4.78 is 26.1. The largest absolute Gasteiger partial charge is 0.274 e. The Labute approximate surface area is 107 Å².